The van der Waals surface area contributed by atoms with E-state index in [9.17, 15) is 0 Å². The molecule has 0 aromatic carbocycles. The Balaban J connectivity index is 2.86. The Bertz CT molecular complexity index is 393. The molecule has 0 radical (unpaired) electrons. The van der Waals surface area contributed by atoms with Crippen LogP contribution in [-0.2, 0) is 0 Å². The first-order valence-corrected chi connectivity index (χ1v) is 4.04. The number of halogens is 1. The average Bonchev–Trinajstić information content (AvgIpc) is 2.32. The van der Waals surface area contributed by atoms with E-state index in [1.807, 2.05) is 19.1 Å². The summed E-state index contributed by atoms with van der Waals surface area (Å²) in [4.78, 5) is 0. The summed E-state index contributed by atoms with van der Waals surface area (Å²) in [5.74, 6) is 0. The van der Waals surface area contributed by atoms with E-state index in [1.54, 1.807) is 10.8 Å². The van der Waals surface area contributed by atoms with Crippen LogP contribution in [0.5, 0.6) is 0 Å². The molecule has 0 N–H and O–H groups in total. The first-order chi connectivity index (χ1) is 5.27. The highest BCUT2D eigenvalue weighted by atomic mass is 79.9. The van der Waals surface area contributed by atoms with Crippen molar-refractivity contribution in [2.24, 2.45) is 0 Å². The van der Waals surface area contributed by atoms with Crippen molar-refractivity contribution in [2.75, 3.05) is 0 Å². The molecule has 2 aromatic rings. The predicted octanol–water partition coefficient (Wildman–Crippen LogP) is 1.80. The SMILES string of the molecule is Cc1ccc2c(Br)cnn2n1. The van der Waals surface area contributed by atoms with E-state index in [0.29, 0.717) is 0 Å². The fourth-order valence-corrected chi connectivity index (χ4v) is 1.32. The van der Waals surface area contributed by atoms with Crippen LogP contribution in [0.25, 0.3) is 5.52 Å². The summed E-state index contributed by atoms with van der Waals surface area (Å²) in [5.41, 5.74) is 1.96. The van der Waals surface area contributed by atoms with Crippen molar-refractivity contribution in [3.8, 4) is 0 Å². The largest absolute Gasteiger partial charge is 0.157 e. The lowest BCUT2D eigenvalue weighted by Crippen LogP contribution is -1.94. The zero-order valence-corrected chi connectivity index (χ0v) is 7.54. The molecule has 3 nitrogen and oxygen atoms in total. The van der Waals surface area contributed by atoms with Gasteiger partial charge in [0.1, 0.15) is 5.52 Å². The standard InChI is InChI=1S/C7H6BrN3/c1-5-2-3-7-6(8)4-9-11(7)10-5/h2-4H,1H3. The van der Waals surface area contributed by atoms with Crippen LogP contribution in [0.2, 0.25) is 0 Å². The molecule has 0 atom stereocenters. The first kappa shape index (κ1) is 6.79. The maximum absolute atomic E-state index is 4.17. The number of aryl methyl sites for hydroxylation is 1. The van der Waals surface area contributed by atoms with Crippen LogP contribution in [0.4, 0.5) is 0 Å². The number of rotatable bonds is 0. The quantitative estimate of drug-likeness (QED) is 0.666. The molecule has 0 bridgehead atoms. The van der Waals surface area contributed by atoms with Gasteiger partial charge in [-0.15, -0.1) is 0 Å². The van der Waals surface area contributed by atoms with Crippen LogP contribution < -0.4 is 0 Å². The Kier molecular flexibility index (Phi) is 1.42. The second-order valence-corrected chi connectivity index (χ2v) is 3.20. The highest BCUT2D eigenvalue weighted by Gasteiger charge is 1.99. The van der Waals surface area contributed by atoms with Gasteiger partial charge in [0.15, 0.2) is 0 Å². The molecule has 4 heteroatoms. The molecule has 2 heterocycles. The van der Waals surface area contributed by atoms with Crippen molar-refractivity contribution in [3.05, 3.63) is 28.5 Å². The van der Waals surface area contributed by atoms with Crippen molar-refractivity contribution in [3.63, 3.8) is 0 Å². The Hall–Kier alpha value is -0.900. The lowest BCUT2D eigenvalue weighted by molar-refractivity contribution is 0.781. The van der Waals surface area contributed by atoms with E-state index in [4.69, 9.17) is 0 Å². The molecule has 0 saturated carbocycles. The van der Waals surface area contributed by atoms with Gasteiger partial charge in [-0.3, -0.25) is 0 Å². The molecule has 56 valence electrons. The third-order valence-electron chi connectivity index (χ3n) is 1.48. The molecule has 0 aliphatic carbocycles. The van der Waals surface area contributed by atoms with E-state index >= 15 is 0 Å². The molecule has 0 spiro atoms. The minimum absolute atomic E-state index is 0.966. The van der Waals surface area contributed by atoms with Crippen molar-refractivity contribution in [2.45, 2.75) is 6.92 Å². The van der Waals surface area contributed by atoms with Gasteiger partial charge in [0.05, 0.1) is 16.4 Å². The van der Waals surface area contributed by atoms with Crippen LogP contribution in [0.3, 0.4) is 0 Å². The van der Waals surface area contributed by atoms with Crippen LogP contribution in [-0.4, -0.2) is 14.8 Å². The molecule has 0 saturated heterocycles. The fraction of sp³-hybridized carbons (Fsp3) is 0.143. The molecule has 0 fully saturated rings. The minimum atomic E-state index is 0.966. The van der Waals surface area contributed by atoms with Gasteiger partial charge in [-0.05, 0) is 35.0 Å². The van der Waals surface area contributed by atoms with Crippen molar-refractivity contribution >= 4 is 21.4 Å². The third-order valence-corrected chi connectivity index (χ3v) is 2.09. The molecule has 0 amide bonds. The molecule has 0 unspecified atom stereocenters. The zero-order valence-electron chi connectivity index (χ0n) is 5.95. The van der Waals surface area contributed by atoms with Gasteiger partial charge in [-0.1, -0.05) is 0 Å². The highest BCUT2D eigenvalue weighted by Crippen LogP contribution is 2.15. The summed E-state index contributed by atoms with van der Waals surface area (Å²) in [6, 6.07) is 3.95. The van der Waals surface area contributed by atoms with E-state index < -0.39 is 0 Å². The predicted molar refractivity (Wildman–Crippen MR) is 45.4 cm³/mol. The van der Waals surface area contributed by atoms with E-state index in [-0.39, 0.29) is 0 Å². The number of nitrogens with zero attached hydrogens (tertiary/aromatic N) is 3. The van der Waals surface area contributed by atoms with E-state index in [2.05, 4.69) is 26.1 Å². The van der Waals surface area contributed by atoms with Crippen LogP contribution in [0, 0.1) is 6.92 Å². The third kappa shape index (κ3) is 1.03. The minimum Gasteiger partial charge on any atom is -0.157 e. The van der Waals surface area contributed by atoms with Crippen LogP contribution in [0.1, 0.15) is 5.69 Å². The van der Waals surface area contributed by atoms with Gasteiger partial charge in [0.2, 0.25) is 0 Å². The number of hydrogen-bond acceptors (Lipinski definition) is 2. The van der Waals surface area contributed by atoms with Gasteiger partial charge >= 0.3 is 0 Å². The molecule has 2 rings (SSSR count). The van der Waals surface area contributed by atoms with Crippen molar-refractivity contribution in [1.29, 1.82) is 0 Å². The molecular formula is C7H6BrN3. The average molecular weight is 212 g/mol. The Morgan fingerprint density at radius 3 is 3.09 bits per heavy atom. The maximum Gasteiger partial charge on any atom is 0.102 e. The Labute approximate surface area is 72.2 Å². The molecule has 0 aliphatic heterocycles. The first-order valence-electron chi connectivity index (χ1n) is 3.24. The summed E-state index contributed by atoms with van der Waals surface area (Å²) in [5, 5.41) is 8.21. The van der Waals surface area contributed by atoms with Crippen molar-refractivity contribution in [1.82, 2.24) is 14.8 Å². The van der Waals surface area contributed by atoms with Gasteiger partial charge in [0, 0.05) is 0 Å². The van der Waals surface area contributed by atoms with Gasteiger partial charge < -0.3 is 0 Å². The van der Waals surface area contributed by atoms with Gasteiger partial charge in [0.25, 0.3) is 0 Å². The number of hydrogen-bond donors (Lipinski definition) is 0. The van der Waals surface area contributed by atoms with Gasteiger partial charge in [-0.2, -0.15) is 14.8 Å². The van der Waals surface area contributed by atoms with Crippen LogP contribution in [0.15, 0.2) is 22.8 Å². The molecule has 11 heavy (non-hydrogen) atoms. The Morgan fingerprint density at radius 1 is 1.45 bits per heavy atom. The summed E-state index contributed by atoms with van der Waals surface area (Å²) >= 11 is 3.37. The number of aromatic nitrogens is 3. The number of fused-ring (bicyclic) bond motifs is 1. The maximum atomic E-state index is 4.17. The normalized spacial score (nSPS) is 10.7. The molecular weight excluding hydrogens is 206 g/mol. The van der Waals surface area contributed by atoms with E-state index in [0.717, 1.165) is 15.7 Å². The summed E-state index contributed by atoms with van der Waals surface area (Å²) in [6.07, 6.45) is 1.74. The van der Waals surface area contributed by atoms with E-state index in [1.165, 1.54) is 0 Å². The zero-order chi connectivity index (χ0) is 7.84. The topological polar surface area (TPSA) is 30.2 Å². The monoisotopic (exact) mass is 211 g/mol. The lowest BCUT2D eigenvalue weighted by atomic mass is 10.4. The summed E-state index contributed by atoms with van der Waals surface area (Å²) in [6.45, 7) is 1.94. The van der Waals surface area contributed by atoms with Gasteiger partial charge in [-0.25, -0.2) is 0 Å². The van der Waals surface area contributed by atoms with Crippen LogP contribution >= 0.6 is 15.9 Å². The second kappa shape index (κ2) is 2.30. The summed E-state index contributed by atoms with van der Waals surface area (Å²) < 4.78 is 2.59. The van der Waals surface area contributed by atoms with Crippen molar-refractivity contribution < 1.29 is 0 Å². The smallest absolute Gasteiger partial charge is 0.102 e. The Morgan fingerprint density at radius 2 is 2.27 bits per heavy atom. The lowest BCUT2D eigenvalue weighted by Gasteiger charge is -1.92. The summed E-state index contributed by atoms with van der Waals surface area (Å²) in [7, 11) is 0. The fourth-order valence-electron chi connectivity index (χ4n) is 0.937. The molecule has 2 aromatic heterocycles. The molecule has 0 aliphatic rings. The highest BCUT2D eigenvalue weighted by molar-refractivity contribution is 9.10. The second-order valence-electron chi connectivity index (χ2n) is 2.34.